The third-order valence-corrected chi connectivity index (χ3v) is 4.82. The summed E-state index contributed by atoms with van der Waals surface area (Å²) in [5.41, 5.74) is 2.28. The third kappa shape index (κ3) is 2.99. The van der Waals surface area contributed by atoms with Crippen molar-refractivity contribution in [3.63, 3.8) is 0 Å². The SMILES string of the molecule is COCCN1C(=O)CS[C@@H]1c1ccn(-c2ccccc2)c1. The van der Waals surface area contributed by atoms with Crippen LogP contribution in [0.2, 0.25) is 0 Å². The zero-order chi connectivity index (χ0) is 14.7. The maximum Gasteiger partial charge on any atom is 0.233 e. The molecule has 1 fully saturated rings. The molecule has 2 aromatic rings. The third-order valence-electron chi connectivity index (χ3n) is 3.56. The monoisotopic (exact) mass is 302 g/mol. The van der Waals surface area contributed by atoms with E-state index in [0.29, 0.717) is 18.9 Å². The molecule has 5 heteroatoms. The molecule has 1 aliphatic heterocycles. The van der Waals surface area contributed by atoms with Crippen molar-refractivity contribution >= 4 is 17.7 Å². The molecule has 21 heavy (non-hydrogen) atoms. The zero-order valence-corrected chi connectivity index (χ0v) is 12.8. The minimum Gasteiger partial charge on any atom is -0.383 e. The minimum atomic E-state index is 0.0950. The smallest absolute Gasteiger partial charge is 0.233 e. The molecule has 0 saturated carbocycles. The Morgan fingerprint density at radius 2 is 2.10 bits per heavy atom. The summed E-state index contributed by atoms with van der Waals surface area (Å²) in [6, 6.07) is 12.3. The summed E-state index contributed by atoms with van der Waals surface area (Å²) in [5.74, 6) is 0.736. The number of aromatic nitrogens is 1. The summed E-state index contributed by atoms with van der Waals surface area (Å²) in [5, 5.41) is 0.0950. The number of amides is 1. The number of methoxy groups -OCH3 is 1. The van der Waals surface area contributed by atoms with Gasteiger partial charge >= 0.3 is 0 Å². The van der Waals surface area contributed by atoms with Gasteiger partial charge in [0.1, 0.15) is 5.37 Å². The first-order chi connectivity index (χ1) is 10.3. The van der Waals surface area contributed by atoms with E-state index in [1.54, 1.807) is 18.9 Å². The summed E-state index contributed by atoms with van der Waals surface area (Å²) in [6.07, 6.45) is 4.15. The molecule has 0 N–H and O–H groups in total. The van der Waals surface area contributed by atoms with Gasteiger partial charge in [0.2, 0.25) is 5.91 Å². The van der Waals surface area contributed by atoms with E-state index in [-0.39, 0.29) is 11.3 Å². The number of hydrogen-bond donors (Lipinski definition) is 0. The van der Waals surface area contributed by atoms with Crippen LogP contribution in [0.5, 0.6) is 0 Å². The van der Waals surface area contributed by atoms with Crippen molar-refractivity contribution in [2.24, 2.45) is 0 Å². The Kier molecular flexibility index (Phi) is 4.31. The Morgan fingerprint density at radius 3 is 2.86 bits per heavy atom. The molecule has 0 unspecified atom stereocenters. The minimum absolute atomic E-state index is 0.0950. The van der Waals surface area contributed by atoms with E-state index in [4.69, 9.17) is 4.74 Å². The predicted molar refractivity (Wildman–Crippen MR) is 84.6 cm³/mol. The molecule has 1 amide bonds. The molecule has 1 aromatic carbocycles. The Hall–Kier alpha value is -1.72. The number of nitrogens with zero attached hydrogens (tertiary/aromatic N) is 2. The van der Waals surface area contributed by atoms with Gasteiger partial charge in [0.25, 0.3) is 0 Å². The lowest BCUT2D eigenvalue weighted by atomic mass is 10.3. The Bertz CT molecular complexity index is 612. The van der Waals surface area contributed by atoms with Crippen LogP contribution in [0.1, 0.15) is 10.9 Å². The fourth-order valence-electron chi connectivity index (χ4n) is 2.48. The molecule has 2 heterocycles. The largest absolute Gasteiger partial charge is 0.383 e. The molecule has 0 spiro atoms. The molecule has 0 aliphatic carbocycles. The first-order valence-electron chi connectivity index (χ1n) is 6.93. The molecule has 1 saturated heterocycles. The highest BCUT2D eigenvalue weighted by molar-refractivity contribution is 8.00. The maximum atomic E-state index is 12.0. The molecule has 3 rings (SSSR count). The van der Waals surface area contributed by atoms with E-state index in [2.05, 4.69) is 29.0 Å². The molecular formula is C16H18N2O2S. The molecule has 4 nitrogen and oxygen atoms in total. The van der Waals surface area contributed by atoms with Crippen molar-refractivity contribution < 1.29 is 9.53 Å². The zero-order valence-electron chi connectivity index (χ0n) is 11.9. The highest BCUT2D eigenvalue weighted by Crippen LogP contribution is 2.38. The molecule has 1 aromatic heterocycles. The quantitative estimate of drug-likeness (QED) is 0.851. The van der Waals surface area contributed by atoms with Gasteiger partial charge < -0.3 is 14.2 Å². The van der Waals surface area contributed by atoms with Crippen LogP contribution in [0.4, 0.5) is 0 Å². The number of carbonyl (C=O) groups is 1. The van der Waals surface area contributed by atoms with Gasteiger partial charge in [-0.2, -0.15) is 0 Å². The standard InChI is InChI=1S/C16H18N2O2S/c1-20-10-9-18-15(19)12-21-16(18)13-7-8-17(11-13)14-5-3-2-4-6-14/h2-8,11,16H,9-10,12H2,1H3/t16-/m1/s1. The Labute approximate surface area is 128 Å². The Morgan fingerprint density at radius 1 is 1.29 bits per heavy atom. The van der Waals surface area contributed by atoms with E-state index in [9.17, 15) is 4.79 Å². The number of benzene rings is 1. The van der Waals surface area contributed by atoms with E-state index in [1.807, 2.05) is 29.3 Å². The summed E-state index contributed by atoms with van der Waals surface area (Å²) >= 11 is 1.68. The van der Waals surface area contributed by atoms with Crippen LogP contribution in [-0.4, -0.2) is 41.4 Å². The van der Waals surface area contributed by atoms with Crippen molar-refractivity contribution in [3.05, 3.63) is 54.4 Å². The Balaban J connectivity index is 1.80. The summed E-state index contributed by atoms with van der Waals surface area (Å²) in [7, 11) is 1.66. The predicted octanol–water partition coefficient (Wildman–Crippen LogP) is 2.70. The molecule has 110 valence electrons. The second-order valence-electron chi connectivity index (χ2n) is 4.93. The highest BCUT2D eigenvalue weighted by Gasteiger charge is 2.32. The molecule has 0 radical (unpaired) electrons. The second kappa shape index (κ2) is 6.37. The second-order valence-corrected chi connectivity index (χ2v) is 6.00. The van der Waals surface area contributed by atoms with Gasteiger partial charge in [0.05, 0.1) is 12.4 Å². The fraction of sp³-hybridized carbons (Fsp3) is 0.312. The summed E-state index contributed by atoms with van der Waals surface area (Å²) in [6.45, 7) is 1.21. The molecule has 1 aliphatic rings. The van der Waals surface area contributed by atoms with Crippen molar-refractivity contribution in [1.82, 2.24) is 9.47 Å². The summed E-state index contributed by atoms with van der Waals surface area (Å²) < 4.78 is 7.19. The lowest BCUT2D eigenvalue weighted by Gasteiger charge is -2.22. The highest BCUT2D eigenvalue weighted by atomic mass is 32.2. The number of thioether (sulfide) groups is 1. The van der Waals surface area contributed by atoms with Gasteiger partial charge in [0, 0.05) is 37.3 Å². The van der Waals surface area contributed by atoms with Crippen molar-refractivity contribution in [1.29, 1.82) is 0 Å². The average Bonchev–Trinajstić information content (AvgIpc) is 3.13. The van der Waals surface area contributed by atoms with E-state index < -0.39 is 0 Å². The lowest BCUT2D eigenvalue weighted by Crippen LogP contribution is -2.31. The van der Waals surface area contributed by atoms with Crippen LogP contribution in [0, 0.1) is 0 Å². The van der Waals surface area contributed by atoms with Gasteiger partial charge in [-0.1, -0.05) is 18.2 Å². The number of ether oxygens (including phenoxy) is 1. The number of para-hydroxylation sites is 1. The maximum absolute atomic E-state index is 12.0. The normalized spacial score (nSPS) is 18.4. The van der Waals surface area contributed by atoms with Crippen LogP contribution >= 0.6 is 11.8 Å². The first-order valence-corrected chi connectivity index (χ1v) is 7.98. The van der Waals surface area contributed by atoms with E-state index in [1.165, 1.54) is 0 Å². The molecule has 1 atom stereocenters. The molecule has 0 bridgehead atoms. The fourth-order valence-corrected chi connectivity index (χ4v) is 3.68. The average molecular weight is 302 g/mol. The van der Waals surface area contributed by atoms with E-state index in [0.717, 1.165) is 11.3 Å². The van der Waals surface area contributed by atoms with E-state index >= 15 is 0 Å². The topological polar surface area (TPSA) is 34.5 Å². The summed E-state index contributed by atoms with van der Waals surface area (Å²) in [4.78, 5) is 13.9. The van der Waals surface area contributed by atoms with Gasteiger partial charge in [-0.05, 0) is 18.2 Å². The number of carbonyl (C=O) groups excluding carboxylic acids is 1. The van der Waals surface area contributed by atoms with Crippen molar-refractivity contribution in [2.45, 2.75) is 5.37 Å². The lowest BCUT2D eigenvalue weighted by molar-refractivity contribution is -0.128. The van der Waals surface area contributed by atoms with Gasteiger partial charge in [-0.3, -0.25) is 4.79 Å². The van der Waals surface area contributed by atoms with Crippen LogP contribution < -0.4 is 0 Å². The van der Waals surface area contributed by atoms with Crippen molar-refractivity contribution in [3.8, 4) is 5.69 Å². The van der Waals surface area contributed by atoms with Crippen LogP contribution in [0.25, 0.3) is 5.69 Å². The van der Waals surface area contributed by atoms with Crippen LogP contribution in [0.3, 0.4) is 0 Å². The first kappa shape index (κ1) is 14.2. The van der Waals surface area contributed by atoms with Gasteiger partial charge in [0.15, 0.2) is 0 Å². The van der Waals surface area contributed by atoms with Crippen molar-refractivity contribution in [2.75, 3.05) is 26.0 Å². The molecular weight excluding hydrogens is 284 g/mol. The number of hydrogen-bond acceptors (Lipinski definition) is 3. The van der Waals surface area contributed by atoms with Crippen LogP contribution in [-0.2, 0) is 9.53 Å². The number of rotatable bonds is 5. The van der Waals surface area contributed by atoms with Gasteiger partial charge in [-0.25, -0.2) is 0 Å². The van der Waals surface area contributed by atoms with Gasteiger partial charge in [-0.15, -0.1) is 11.8 Å². The van der Waals surface area contributed by atoms with Crippen LogP contribution in [0.15, 0.2) is 48.8 Å².